The molecule has 384 valence electrons. The largest absolute Gasteiger partial charge is 0.462 e. The van der Waals surface area contributed by atoms with Crippen LogP contribution in [-0.2, 0) is 28.6 Å². The van der Waals surface area contributed by atoms with Crippen molar-refractivity contribution in [2.75, 3.05) is 13.2 Å². The maximum atomic E-state index is 12.8. The molecule has 0 spiro atoms. The second-order valence-corrected chi connectivity index (χ2v) is 18.5. The highest BCUT2D eigenvalue weighted by Crippen LogP contribution is 2.15. The first-order valence-corrected chi connectivity index (χ1v) is 28.1. The van der Waals surface area contributed by atoms with E-state index >= 15 is 0 Å². The first-order chi connectivity index (χ1) is 33.0. The van der Waals surface area contributed by atoms with Gasteiger partial charge in [-0.2, -0.15) is 0 Å². The van der Waals surface area contributed by atoms with Crippen LogP contribution in [0, 0.1) is 0 Å². The van der Waals surface area contributed by atoms with Crippen molar-refractivity contribution < 1.29 is 28.6 Å². The fraction of sp³-hybridized carbons (Fsp3) is 0.721. The number of esters is 3. The van der Waals surface area contributed by atoms with Crippen molar-refractivity contribution in [3.8, 4) is 0 Å². The van der Waals surface area contributed by atoms with Crippen LogP contribution < -0.4 is 0 Å². The quantitative estimate of drug-likeness (QED) is 0.0262. The summed E-state index contributed by atoms with van der Waals surface area (Å²) < 4.78 is 16.8. The van der Waals surface area contributed by atoms with E-state index in [1.165, 1.54) is 116 Å². The molecule has 0 aliphatic heterocycles. The molecule has 0 aromatic heterocycles. The van der Waals surface area contributed by atoms with Gasteiger partial charge in [0.2, 0.25) is 0 Å². The lowest BCUT2D eigenvalue weighted by Gasteiger charge is -2.18. The van der Waals surface area contributed by atoms with Crippen LogP contribution in [0.4, 0.5) is 0 Å². The number of carbonyl (C=O) groups excluding carboxylic acids is 3. The summed E-state index contributed by atoms with van der Waals surface area (Å²) >= 11 is 0. The zero-order valence-electron chi connectivity index (χ0n) is 43.9. The van der Waals surface area contributed by atoms with E-state index in [2.05, 4.69) is 106 Å². The van der Waals surface area contributed by atoms with Gasteiger partial charge in [-0.05, 0) is 96.3 Å². The van der Waals surface area contributed by atoms with Crippen molar-refractivity contribution in [2.45, 2.75) is 271 Å². The van der Waals surface area contributed by atoms with E-state index in [1.54, 1.807) is 0 Å². The molecule has 0 heterocycles. The van der Waals surface area contributed by atoms with Crippen LogP contribution >= 0.6 is 0 Å². The van der Waals surface area contributed by atoms with E-state index < -0.39 is 6.10 Å². The second-order valence-electron chi connectivity index (χ2n) is 18.5. The molecule has 1 unspecified atom stereocenters. The molecule has 0 N–H and O–H groups in total. The molecule has 0 radical (unpaired) electrons. The van der Waals surface area contributed by atoms with Crippen molar-refractivity contribution >= 4 is 17.9 Å². The molecule has 0 saturated carbocycles. The predicted molar refractivity (Wildman–Crippen MR) is 288 cm³/mol. The van der Waals surface area contributed by atoms with Crippen molar-refractivity contribution in [3.05, 3.63) is 85.1 Å². The van der Waals surface area contributed by atoms with Gasteiger partial charge < -0.3 is 14.2 Å². The Morgan fingerprint density at radius 2 is 0.582 bits per heavy atom. The average molecular weight is 933 g/mol. The van der Waals surface area contributed by atoms with Crippen molar-refractivity contribution in [2.24, 2.45) is 0 Å². The van der Waals surface area contributed by atoms with Crippen LogP contribution in [0.3, 0.4) is 0 Å². The first kappa shape index (κ1) is 63.6. The highest BCUT2D eigenvalue weighted by atomic mass is 16.6. The van der Waals surface area contributed by atoms with Gasteiger partial charge in [-0.25, -0.2) is 0 Å². The Kier molecular flexibility index (Phi) is 52.4. The van der Waals surface area contributed by atoms with Gasteiger partial charge >= 0.3 is 17.9 Å². The highest BCUT2D eigenvalue weighted by Gasteiger charge is 2.19. The van der Waals surface area contributed by atoms with Crippen LogP contribution in [0.25, 0.3) is 0 Å². The van der Waals surface area contributed by atoms with Gasteiger partial charge in [0.05, 0.1) is 0 Å². The van der Waals surface area contributed by atoms with Crippen LogP contribution in [0.15, 0.2) is 85.1 Å². The minimum atomic E-state index is -0.783. The van der Waals surface area contributed by atoms with Crippen molar-refractivity contribution in [1.82, 2.24) is 0 Å². The van der Waals surface area contributed by atoms with Crippen molar-refractivity contribution in [3.63, 3.8) is 0 Å². The van der Waals surface area contributed by atoms with E-state index in [-0.39, 0.29) is 31.1 Å². The lowest BCUT2D eigenvalue weighted by molar-refractivity contribution is -0.167. The Labute approximate surface area is 414 Å². The molecular formula is C61H104O6. The Morgan fingerprint density at radius 3 is 0.925 bits per heavy atom. The normalized spacial score (nSPS) is 12.7. The van der Waals surface area contributed by atoms with Gasteiger partial charge in [-0.3, -0.25) is 14.4 Å². The molecule has 0 aromatic carbocycles. The van der Waals surface area contributed by atoms with Gasteiger partial charge in [-0.15, -0.1) is 0 Å². The van der Waals surface area contributed by atoms with E-state index in [1.807, 2.05) is 0 Å². The average Bonchev–Trinajstić information content (AvgIpc) is 3.33. The summed E-state index contributed by atoms with van der Waals surface area (Å²) in [7, 11) is 0. The molecule has 6 heteroatoms. The summed E-state index contributed by atoms with van der Waals surface area (Å²) in [5.74, 6) is -0.902. The third-order valence-corrected chi connectivity index (χ3v) is 11.9. The zero-order valence-corrected chi connectivity index (χ0v) is 43.9. The molecule has 0 aliphatic carbocycles. The number of rotatable bonds is 50. The molecule has 0 fully saturated rings. The smallest absolute Gasteiger partial charge is 0.306 e. The Balaban J connectivity index is 4.28. The van der Waals surface area contributed by atoms with Crippen LogP contribution in [-0.4, -0.2) is 37.2 Å². The topological polar surface area (TPSA) is 78.9 Å². The number of hydrogen-bond donors (Lipinski definition) is 0. The van der Waals surface area contributed by atoms with Crippen LogP contribution in [0.1, 0.15) is 265 Å². The third kappa shape index (κ3) is 53.4. The predicted octanol–water partition coefficient (Wildman–Crippen LogP) is 18.8. The Morgan fingerprint density at radius 1 is 0.313 bits per heavy atom. The van der Waals surface area contributed by atoms with Crippen molar-refractivity contribution in [1.29, 1.82) is 0 Å². The number of carbonyl (C=O) groups is 3. The minimum absolute atomic E-state index is 0.0824. The number of allylic oxidation sites excluding steroid dienone is 14. The number of hydrogen-bond acceptors (Lipinski definition) is 6. The molecule has 0 aliphatic rings. The molecule has 67 heavy (non-hydrogen) atoms. The van der Waals surface area contributed by atoms with Gasteiger partial charge in [0.1, 0.15) is 13.2 Å². The van der Waals surface area contributed by atoms with E-state index in [9.17, 15) is 14.4 Å². The maximum absolute atomic E-state index is 12.8. The summed E-state index contributed by atoms with van der Waals surface area (Å²) in [6.45, 7) is 6.47. The SMILES string of the molecule is CC/C=C\C/C=C\C/C=C\C/C=C\C/C=C\CCCCCCCCCC(=O)OCC(COC(=O)CCCCCCCCCC)OC(=O)CCCCCCCCC/C=C\C/C=C\CCCCCC. The minimum Gasteiger partial charge on any atom is -0.462 e. The third-order valence-electron chi connectivity index (χ3n) is 11.9. The number of unbranched alkanes of at least 4 members (excludes halogenated alkanes) is 25. The second kappa shape index (κ2) is 55.2. The van der Waals surface area contributed by atoms with Gasteiger partial charge in [0, 0.05) is 19.3 Å². The van der Waals surface area contributed by atoms with E-state index in [0.29, 0.717) is 19.3 Å². The molecule has 0 bridgehead atoms. The van der Waals surface area contributed by atoms with Gasteiger partial charge in [0.25, 0.3) is 0 Å². The number of ether oxygens (including phenoxy) is 3. The van der Waals surface area contributed by atoms with E-state index in [0.717, 1.165) is 109 Å². The molecule has 0 rings (SSSR count). The maximum Gasteiger partial charge on any atom is 0.306 e. The standard InChI is InChI=1S/C61H104O6/c1-4-7-10-13-16-19-21-23-25-27-29-30-31-32-33-35-36-38-40-42-45-48-51-54-60(63)66-57-58(56-65-59(62)53-50-47-44-18-15-12-9-6-3)67-61(64)55-52-49-46-43-41-39-37-34-28-26-24-22-20-17-14-11-8-5-2/h7,10,16,19-20,22-23,25-26,28-30,32-33,58H,4-6,8-9,11-15,17-18,21,24,27,31,34-57H2,1-3H3/b10-7-,19-16-,22-20-,25-23-,28-26-,30-29-,33-32-. The lowest BCUT2D eigenvalue weighted by Crippen LogP contribution is -2.30. The Bertz CT molecular complexity index is 1300. The summed E-state index contributed by atoms with van der Waals surface area (Å²) in [4.78, 5) is 38.0. The van der Waals surface area contributed by atoms with E-state index in [4.69, 9.17) is 14.2 Å². The monoisotopic (exact) mass is 933 g/mol. The highest BCUT2D eigenvalue weighted by molar-refractivity contribution is 5.71. The summed E-state index contributed by atoms with van der Waals surface area (Å²) in [5, 5.41) is 0. The molecule has 0 aromatic rings. The summed E-state index contributed by atoms with van der Waals surface area (Å²) in [5.41, 5.74) is 0. The fourth-order valence-corrected chi connectivity index (χ4v) is 7.68. The zero-order chi connectivity index (χ0) is 48.6. The summed E-state index contributed by atoms with van der Waals surface area (Å²) in [6.07, 6.45) is 71.5. The van der Waals surface area contributed by atoms with Crippen LogP contribution in [0.5, 0.6) is 0 Å². The first-order valence-electron chi connectivity index (χ1n) is 28.1. The fourth-order valence-electron chi connectivity index (χ4n) is 7.68. The van der Waals surface area contributed by atoms with Gasteiger partial charge in [0.15, 0.2) is 6.10 Å². The molecule has 0 amide bonds. The molecular weight excluding hydrogens is 829 g/mol. The lowest BCUT2D eigenvalue weighted by atomic mass is 10.1. The summed E-state index contributed by atoms with van der Waals surface area (Å²) in [6, 6.07) is 0. The molecule has 0 saturated heterocycles. The Hall–Kier alpha value is -3.41. The molecule has 6 nitrogen and oxygen atoms in total. The molecule has 1 atom stereocenters. The van der Waals surface area contributed by atoms with Crippen LogP contribution in [0.2, 0.25) is 0 Å². The van der Waals surface area contributed by atoms with Gasteiger partial charge in [-0.1, -0.05) is 234 Å².